The van der Waals surface area contributed by atoms with Crippen molar-refractivity contribution in [1.29, 1.82) is 0 Å². The van der Waals surface area contributed by atoms with Crippen LogP contribution >= 0.6 is 14.7 Å². The van der Waals surface area contributed by atoms with Gasteiger partial charge in [-0.15, -0.1) is 0 Å². The van der Waals surface area contributed by atoms with Gasteiger partial charge in [0.25, 0.3) is 0 Å². The summed E-state index contributed by atoms with van der Waals surface area (Å²) in [6, 6.07) is 0. The van der Waals surface area contributed by atoms with Crippen molar-refractivity contribution in [2.45, 2.75) is 150 Å². The first kappa shape index (κ1) is 35.5. The molecule has 4 nitrogen and oxygen atoms in total. The van der Waals surface area contributed by atoms with Crippen molar-refractivity contribution in [3.63, 3.8) is 0 Å². The zero-order chi connectivity index (χ0) is 26.3. The molecule has 0 saturated heterocycles. The van der Waals surface area contributed by atoms with E-state index < -0.39 is 14.7 Å². The summed E-state index contributed by atoms with van der Waals surface area (Å²) in [4.78, 5) is 0. The average molecular weight is 539 g/mol. The van der Waals surface area contributed by atoms with Gasteiger partial charge in [-0.3, -0.25) is 0 Å². The molecule has 0 atom stereocenters. The Balaban J connectivity index is 5.37. The van der Waals surface area contributed by atoms with Gasteiger partial charge in [-0.25, -0.2) is 0 Å². The van der Waals surface area contributed by atoms with E-state index in [1.165, 1.54) is 51.4 Å². The summed E-state index contributed by atoms with van der Waals surface area (Å²) >= 11 is 0. The molecule has 0 heterocycles. The fourth-order valence-corrected chi connectivity index (χ4v) is 13.7. The number of phosphoric acid groups is 1. The van der Waals surface area contributed by atoms with Gasteiger partial charge < -0.3 is 0 Å². The molecule has 0 fully saturated rings. The summed E-state index contributed by atoms with van der Waals surface area (Å²) in [5.74, 6) is 0. The molecule has 0 N–H and O–H groups in total. The van der Waals surface area contributed by atoms with E-state index in [-0.39, 0.29) is 0 Å². The van der Waals surface area contributed by atoms with Crippen molar-refractivity contribution in [3.05, 3.63) is 0 Å². The van der Waals surface area contributed by atoms with Crippen molar-refractivity contribution >= 4 is 14.7 Å². The predicted octanol–water partition coefficient (Wildman–Crippen LogP) is 11.4. The first-order valence-electron chi connectivity index (χ1n) is 15.4. The van der Waals surface area contributed by atoms with Gasteiger partial charge in [0, 0.05) is 0 Å². The van der Waals surface area contributed by atoms with Gasteiger partial charge in [0.2, 0.25) is 0 Å². The molecule has 0 amide bonds. The van der Waals surface area contributed by atoms with E-state index in [1.54, 1.807) is 0 Å². The molecule has 0 aromatic carbocycles. The molecule has 0 spiro atoms. The van der Waals surface area contributed by atoms with E-state index >= 15 is 0 Å². The Hall–Kier alpha value is 0.540. The van der Waals surface area contributed by atoms with Crippen LogP contribution < -0.4 is 0 Å². The van der Waals surface area contributed by atoms with Crippen LogP contribution in [-0.4, -0.2) is 38.4 Å². The third kappa shape index (κ3) is 17.6. The molecule has 0 aromatic heterocycles. The third-order valence-corrected chi connectivity index (χ3v) is 15.8. The number of phosphoric ester groups is 1. The minimum absolute atomic E-state index is 0.474. The molecule has 0 aliphatic heterocycles. The second kappa shape index (κ2) is 21.5. The van der Waals surface area contributed by atoms with Crippen molar-refractivity contribution in [2.75, 3.05) is 38.4 Å². The Morgan fingerprint density at radius 3 is 1.14 bits per heavy atom. The number of hydrogen-bond acceptors (Lipinski definition) is 4. The Bertz CT molecular complexity index is 480. The minimum atomic E-state index is -3.59. The molecule has 0 aliphatic rings. The van der Waals surface area contributed by atoms with E-state index in [0.29, 0.717) is 13.2 Å². The van der Waals surface area contributed by atoms with Crippen molar-refractivity contribution in [1.82, 2.24) is 0 Å². The monoisotopic (exact) mass is 538 g/mol. The molecule has 6 heteroatoms. The van der Waals surface area contributed by atoms with Crippen LogP contribution in [-0.2, 0) is 17.9 Å². The Morgan fingerprint density at radius 2 is 0.800 bits per heavy atom. The second-order valence-corrected chi connectivity index (χ2v) is 18.9. The van der Waals surface area contributed by atoms with Crippen molar-refractivity contribution < 1.29 is 17.9 Å². The normalized spacial score (nSPS) is 13.7. The average Bonchev–Trinajstić information content (AvgIpc) is 2.84. The maximum atomic E-state index is 14.2. The fourth-order valence-electron chi connectivity index (χ4n) is 4.79. The Kier molecular flexibility index (Phi) is 21.8. The molecular formula is C29H64O4P2. The molecule has 0 unspecified atom stereocenters. The fraction of sp³-hybridized carbons (Fsp3) is 1.00. The van der Waals surface area contributed by atoms with Crippen LogP contribution in [0.3, 0.4) is 0 Å². The van der Waals surface area contributed by atoms with Crippen LogP contribution in [0.25, 0.3) is 0 Å². The molecule has 0 bridgehead atoms. The summed E-state index contributed by atoms with van der Waals surface area (Å²) < 4.78 is 33.2. The first-order valence-corrected chi connectivity index (χ1v) is 20.0. The van der Waals surface area contributed by atoms with Gasteiger partial charge in [-0.05, 0) is 0 Å². The second-order valence-electron chi connectivity index (χ2n) is 11.2. The predicted molar refractivity (Wildman–Crippen MR) is 160 cm³/mol. The van der Waals surface area contributed by atoms with E-state index in [1.807, 2.05) is 0 Å². The first-order chi connectivity index (χ1) is 16.8. The van der Waals surface area contributed by atoms with E-state index in [4.69, 9.17) is 13.4 Å². The van der Waals surface area contributed by atoms with Gasteiger partial charge in [0.1, 0.15) is 0 Å². The van der Waals surface area contributed by atoms with Crippen molar-refractivity contribution in [2.24, 2.45) is 0 Å². The summed E-state index contributed by atoms with van der Waals surface area (Å²) in [6.07, 6.45) is 24.0. The van der Waals surface area contributed by atoms with Crippen LogP contribution in [0.15, 0.2) is 0 Å². The van der Waals surface area contributed by atoms with Gasteiger partial charge in [0.05, 0.1) is 0 Å². The standard InChI is InChI=1S/C29H64O4P2/c1-7-12-17-19-21-23-25-31-34(30,32-26-24-22-20-18-13-8-2)33-35(6,27-14-9-3,28-15-10-4)29-16-11-5/h7-29H2,1-6H3. The van der Waals surface area contributed by atoms with E-state index in [2.05, 4.69) is 41.3 Å². The summed E-state index contributed by atoms with van der Waals surface area (Å²) in [6.45, 7) is 11.8. The molecule has 35 heavy (non-hydrogen) atoms. The zero-order valence-corrected chi connectivity index (χ0v) is 26.6. The van der Waals surface area contributed by atoms with E-state index in [0.717, 1.165) is 82.7 Å². The van der Waals surface area contributed by atoms with Crippen LogP contribution in [0.4, 0.5) is 0 Å². The molecule has 0 radical (unpaired) electrons. The molecule has 214 valence electrons. The van der Waals surface area contributed by atoms with Crippen LogP contribution in [0.2, 0.25) is 0 Å². The molecular weight excluding hydrogens is 474 g/mol. The number of hydrogen-bond donors (Lipinski definition) is 0. The number of unbranched alkanes of at least 4 members (excludes halogenated alkanes) is 13. The molecule has 0 saturated carbocycles. The number of rotatable bonds is 27. The molecule has 0 aliphatic carbocycles. The summed E-state index contributed by atoms with van der Waals surface area (Å²) in [7, 11) is -3.59. The topological polar surface area (TPSA) is 44.8 Å². The van der Waals surface area contributed by atoms with E-state index in [9.17, 15) is 4.57 Å². The van der Waals surface area contributed by atoms with Gasteiger partial charge >= 0.3 is 221 Å². The van der Waals surface area contributed by atoms with Gasteiger partial charge in [0.15, 0.2) is 0 Å². The zero-order valence-electron chi connectivity index (χ0n) is 24.8. The van der Waals surface area contributed by atoms with Crippen LogP contribution in [0.1, 0.15) is 150 Å². The molecule has 0 rings (SSSR count). The van der Waals surface area contributed by atoms with Gasteiger partial charge in [-0.1, -0.05) is 0 Å². The Morgan fingerprint density at radius 1 is 0.486 bits per heavy atom. The maximum absolute atomic E-state index is 14.2. The Labute approximate surface area is 221 Å². The van der Waals surface area contributed by atoms with Crippen molar-refractivity contribution in [3.8, 4) is 0 Å². The molecule has 0 aromatic rings. The summed E-state index contributed by atoms with van der Waals surface area (Å²) in [5, 5.41) is 0. The summed E-state index contributed by atoms with van der Waals surface area (Å²) in [5.41, 5.74) is 0. The quantitative estimate of drug-likeness (QED) is 0.0770. The van der Waals surface area contributed by atoms with Crippen LogP contribution in [0.5, 0.6) is 0 Å². The third-order valence-electron chi connectivity index (χ3n) is 7.28. The van der Waals surface area contributed by atoms with Gasteiger partial charge in [-0.2, -0.15) is 0 Å². The SMILES string of the molecule is CCCCCCCCOP(=O)(OCCCCCCCC)OP(C)(CCCC)(CCCC)CCCC. The van der Waals surface area contributed by atoms with Crippen LogP contribution in [0, 0.1) is 0 Å².